The van der Waals surface area contributed by atoms with Crippen LogP contribution in [-0.4, -0.2) is 58.7 Å². The Morgan fingerprint density at radius 1 is 1.47 bits per heavy atom. The molecule has 2 heterocycles. The zero-order valence-electron chi connectivity index (χ0n) is 10.00. The number of nitrogens with zero attached hydrogens (tertiary/aromatic N) is 4. The molecule has 92 valence electrons. The van der Waals surface area contributed by atoms with E-state index in [4.69, 9.17) is 5.11 Å². The van der Waals surface area contributed by atoms with Crippen LogP contribution in [0.1, 0.15) is 17.4 Å². The first kappa shape index (κ1) is 11.8. The number of carboxylic acid groups (broad SMARTS) is 1. The van der Waals surface area contributed by atoms with E-state index in [2.05, 4.69) is 33.7 Å². The van der Waals surface area contributed by atoms with Crippen molar-refractivity contribution in [3.63, 3.8) is 0 Å². The van der Waals surface area contributed by atoms with Gasteiger partial charge in [-0.05, 0) is 14.0 Å². The number of likely N-dealkylation sites (N-methyl/N-ethyl adjacent to an activating group) is 1. The number of hydrogen-bond donors (Lipinski definition) is 1. The van der Waals surface area contributed by atoms with Gasteiger partial charge in [-0.3, -0.25) is 4.98 Å². The molecule has 6 heteroatoms. The van der Waals surface area contributed by atoms with Crippen LogP contribution in [0.4, 0.5) is 5.82 Å². The summed E-state index contributed by atoms with van der Waals surface area (Å²) in [5, 5.41) is 8.87. The number of rotatable bonds is 2. The SMILES string of the molecule is CC1CN(c2cncc(C(=O)O)n2)CCN1C. The van der Waals surface area contributed by atoms with Crippen molar-refractivity contribution in [3.8, 4) is 0 Å². The Morgan fingerprint density at radius 3 is 2.88 bits per heavy atom. The van der Waals surface area contributed by atoms with Gasteiger partial charge in [0.1, 0.15) is 5.82 Å². The van der Waals surface area contributed by atoms with Gasteiger partial charge in [-0.2, -0.15) is 0 Å². The van der Waals surface area contributed by atoms with E-state index < -0.39 is 5.97 Å². The Morgan fingerprint density at radius 2 is 2.24 bits per heavy atom. The highest BCUT2D eigenvalue weighted by atomic mass is 16.4. The van der Waals surface area contributed by atoms with Crippen molar-refractivity contribution in [1.29, 1.82) is 0 Å². The van der Waals surface area contributed by atoms with Gasteiger partial charge in [0.25, 0.3) is 0 Å². The van der Waals surface area contributed by atoms with Crippen molar-refractivity contribution in [1.82, 2.24) is 14.9 Å². The number of hydrogen-bond acceptors (Lipinski definition) is 5. The van der Waals surface area contributed by atoms with Gasteiger partial charge in [-0.1, -0.05) is 0 Å². The molecule has 0 radical (unpaired) electrons. The summed E-state index contributed by atoms with van der Waals surface area (Å²) in [6.45, 7) is 4.77. The fourth-order valence-corrected chi connectivity index (χ4v) is 1.87. The second kappa shape index (κ2) is 4.67. The third kappa shape index (κ3) is 2.52. The molecule has 1 atom stereocenters. The van der Waals surface area contributed by atoms with Gasteiger partial charge in [-0.25, -0.2) is 9.78 Å². The molecule has 0 bridgehead atoms. The average molecular weight is 236 g/mol. The van der Waals surface area contributed by atoms with Gasteiger partial charge in [0.05, 0.1) is 12.4 Å². The molecule has 0 saturated carbocycles. The van der Waals surface area contributed by atoms with E-state index in [1.54, 1.807) is 6.20 Å². The smallest absolute Gasteiger partial charge is 0.356 e. The van der Waals surface area contributed by atoms with Crippen LogP contribution in [0.5, 0.6) is 0 Å². The Bertz CT molecular complexity index is 424. The molecule has 0 aromatic carbocycles. The van der Waals surface area contributed by atoms with Crippen LogP contribution in [0, 0.1) is 0 Å². The van der Waals surface area contributed by atoms with Crippen molar-refractivity contribution < 1.29 is 9.90 Å². The predicted molar refractivity (Wildman–Crippen MR) is 63.3 cm³/mol. The lowest BCUT2D eigenvalue weighted by Gasteiger charge is -2.38. The van der Waals surface area contributed by atoms with Crippen LogP contribution >= 0.6 is 0 Å². The third-order valence-corrected chi connectivity index (χ3v) is 3.12. The normalized spacial score (nSPS) is 21.5. The van der Waals surface area contributed by atoms with Gasteiger partial charge in [0.2, 0.25) is 0 Å². The molecule has 0 spiro atoms. The maximum absolute atomic E-state index is 10.8. The van der Waals surface area contributed by atoms with Crippen molar-refractivity contribution in [3.05, 3.63) is 18.1 Å². The highest BCUT2D eigenvalue weighted by Gasteiger charge is 2.22. The number of piperazine rings is 1. The Hall–Kier alpha value is -1.69. The van der Waals surface area contributed by atoms with Crippen molar-refractivity contribution in [2.75, 3.05) is 31.6 Å². The van der Waals surface area contributed by atoms with Crippen molar-refractivity contribution in [2.24, 2.45) is 0 Å². The minimum Gasteiger partial charge on any atom is -0.476 e. The second-order valence-electron chi connectivity index (χ2n) is 4.34. The summed E-state index contributed by atoms with van der Waals surface area (Å²) in [6.07, 6.45) is 2.88. The highest BCUT2D eigenvalue weighted by Crippen LogP contribution is 2.15. The summed E-state index contributed by atoms with van der Waals surface area (Å²) in [5.41, 5.74) is -0.00548. The standard InChI is InChI=1S/C11H16N4O2/c1-8-7-15(4-3-14(8)2)10-6-12-5-9(13-10)11(16)17/h5-6,8H,3-4,7H2,1-2H3,(H,16,17). The molecule has 1 saturated heterocycles. The molecule has 0 aliphatic carbocycles. The first-order chi connectivity index (χ1) is 8.08. The number of carboxylic acids is 1. The van der Waals surface area contributed by atoms with E-state index >= 15 is 0 Å². The zero-order chi connectivity index (χ0) is 12.4. The fourth-order valence-electron chi connectivity index (χ4n) is 1.87. The number of aromatic nitrogens is 2. The largest absolute Gasteiger partial charge is 0.476 e. The lowest BCUT2D eigenvalue weighted by molar-refractivity contribution is 0.0690. The van der Waals surface area contributed by atoms with Gasteiger partial charge in [0.15, 0.2) is 5.69 Å². The average Bonchev–Trinajstić information content (AvgIpc) is 2.33. The van der Waals surface area contributed by atoms with Crippen LogP contribution in [0.25, 0.3) is 0 Å². The fraction of sp³-hybridized carbons (Fsp3) is 0.545. The van der Waals surface area contributed by atoms with Gasteiger partial charge < -0.3 is 14.9 Å². The maximum atomic E-state index is 10.8. The third-order valence-electron chi connectivity index (χ3n) is 3.12. The lowest BCUT2D eigenvalue weighted by atomic mass is 10.2. The summed E-state index contributed by atoms with van der Waals surface area (Å²) in [4.78, 5) is 23.2. The van der Waals surface area contributed by atoms with E-state index in [9.17, 15) is 4.79 Å². The van der Waals surface area contributed by atoms with Gasteiger partial charge >= 0.3 is 5.97 Å². The molecular formula is C11H16N4O2. The summed E-state index contributed by atoms with van der Waals surface area (Å²) in [7, 11) is 2.08. The zero-order valence-corrected chi connectivity index (χ0v) is 10.00. The molecule has 1 unspecified atom stereocenters. The minimum absolute atomic E-state index is 0.00548. The molecule has 1 aliphatic rings. The van der Waals surface area contributed by atoms with Gasteiger partial charge in [-0.15, -0.1) is 0 Å². The van der Waals surface area contributed by atoms with Crippen LogP contribution in [0.3, 0.4) is 0 Å². The Kier molecular flexibility index (Phi) is 3.23. The highest BCUT2D eigenvalue weighted by molar-refractivity contribution is 5.85. The minimum atomic E-state index is -1.04. The van der Waals surface area contributed by atoms with Crippen LogP contribution in [0.2, 0.25) is 0 Å². The van der Waals surface area contributed by atoms with E-state index in [-0.39, 0.29) is 5.69 Å². The summed E-state index contributed by atoms with van der Waals surface area (Å²) >= 11 is 0. The molecule has 0 amide bonds. The number of anilines is 1. The lowest BCUT2D eigenvalue weighted by Crippen LogP contribution is -2.50. The predicted octanol–water partition coefficient (Wildman–Crippen LogP) is 0.315. The molecule has 1 N–H and O–H groups in total. The molecule has 1 fully saturated rings. The van der Waals surface area contributed by atoms with E-state index in [0.29, 0.717) is 11.9 Å². The quantitative estimate of drug-likeness (QED) is 0.797. The number of carbonyl (C=O) groups is 1. The van der Waals surface area contributed by atoms with Crippen LogP contribution < -0.4 is 4.90 Å². The molecule has 1 aromatic heterocycles. The van der Waals surface area contributed by atoms with Gasteiger partial charge in [0, 0.05) is 25.7 Å². The molecule has 1 aromatic rings. The van der Waals surface area contributed by atoms with E-state index in [1.165, 1.54) is 6.20 Å². The monoisotopic (exact) mass is 236 g/mol. The molecule has 2 rings (SSSR count). The maximum Gasteiger partial charge on any atom is 0.356 e. The molecule has 6 nitrogen and oxygen atoms in total. The molecule has 1 aliphatic heterocycles. The van der Waals surface area contributed by atoms with E-state index in [0.717, 1.165) is 19.6 Å². The summed E-state index contributed by atoms with van der Waals surface area (Å²) in [6, 6.07) is 0.430. The topological polar surface area (TPSA) is 69.6 Å². The van der Waals surface area contributed by atoms with Crippen LogP contribution in [0.15, 0.2) is 12.4 Å². The van der Waals surface area contributed by atoms with Crippen molar-refractivity contribution in [2.45, 2.75) is 13.0 Å². The molecular weight excluding hydrogens is 220 g/mol. The second-order valence-corrected chi connectivity index (χ2v) is 4.34. The van der Waals surface area contributed by atoms with Crippen molar-refractivity contribution >= 4 is 11.8 Å². The summed E-state index contributed by atoms with van der Waals surface area (Å²) < 4.78 is 0. The van der Waals surface area contributed by atoms with Crippen LogP contribution in [-0.2, 0) is 0 Å². The first-order valence-electron chi connectivity index (χ1n) is 5.58. The Labute approximate surface area is 99.9 Å². The first-order valence-corrected chi connectivity index (χ1v) is 5.58. The number of aromatic carboxylic acids is 1. The Balaban J connectivity index is 2.17. The summed E-state index contributed by atoms with van der Waals surface area (Å²) in [5.74, 6) is -0.397. The molecule has 17 heavy (non-hydrogen) atoms. The van der Waals surface area contributed by atoms with E-state index in [1.807, 2.05) is 0 Å².